The van der Waals surface area contributed by atoms with Crippen LogP contribution in [0.5, 0.6) is 0 Å². The molecule has 0 aliphatic carbocycles. The Balaban J connectivity index is 1.59. The molecule has 1 N–H and O–H groups in total. The fourth-order valence-corrected chi connectivity index (χ4v) is 3.54. The fraction of sp³-hybridized carbons (Fsp3) is 0.316. The van der Waals surface area contributed by atoms with Crippen molar-refractivity contribution >= 4 is 29.0 Å². The van der Waals surface area contributed by atoms with Crippen LogP contribution in [0, 0.1) is 11.6 Å². The lowest BCUT2D eigenvalue weighted by atomic mass is 10.2. The summed E-state index contributed by atoms with van der Waals surface area (Å²) in [6, 6.07) is 10.8. The first-order valence-corrected chi connectivity index (χ1v) is 9.26. The number of thioether (sulfide) groups is 1. The largest absolute Gasteiger partial charge is 0.378 e. The minimum Gasteiger partial charge on any atom is -0.378 e. The molecule has 138 valence electrons. The molecule has 1 heterocycles. The molecule has 7 heteroatoms. The molecular weight excluding hydrogens is 358 g/mol. The van der Waals surface area contributed by atoms with E-state index in [0.29, 0.717) is 18.9 Å². The highest BCUT2D eigenvalue weighted by molar-refractivity contribution is 8.00. The number of rotatable bonds is 5. The zero-order chi connectivity index (χ0) is 18.5. The average molecular weight is 378 g/mol. The maximum absolute atomic E-state index is 13.7. The fourth-order valence-electron chi connectivity index (χ4n) is 2.63. The van der Waals surface area contributed by atoms with Gasteiger partial charge in [0, 0.05) is 29.4 Å². The van der Waals surface area contributed by atoms with E-state index < -0.39 is 16.9 Å². The lowest BCUT2D eigenvalue weighted by Crippen LogP contribution is -2.36. The molecule has 1 aliphatic rings. The van der Waals surface area contributed by atoms with Crippen LogP contribution in [0.15, 0.2) is 47.4 Å². The third-order valence-electron chi connectivity index (χ3n) is 4.08. The van der Waals surface area contributed by atoms with Crippen molar-refractivity contribution in [2.45, 2.75) is 17.1 Å². The van der Waals surface area contributed by atoms with Gasteiger partial charge in [-0.1, -0.05) is 0 Å². The molecule has 1 amide bonds. The van der Waals surface area contributed by atoms with Gasteiger partial charge >= 0.3 is 0 Å². The van der Waals surface area contributed by atoms with Gasteiger partial charge in [-0.2, -0.15) is 0 Å². The van der Waals surface area contributed by atoms with Gasteiger partial charge < -0.3 is 15.0 Å². The summed E-state index contributed by atoms with van der Waals surface area (Å²) in [5.74, 6) is -1.33. The van der Waals surface area contributed by atoms with Gasteiger partial charge in [0.05, 0.1) is 18.5 Å². The number of carbonyl (C=O) groups excluding carboxylic acids is 1. The first kappa shape index (κ1) is 18.7. The number of nitrogens with one attached hydrogen (secondary N) is 1. The Labute approximate surface area is 155 Å². The lowest BCUT2D eigenvalue weighted by Gasteiger charge is -2.28. The van der Waals surface area contributed by atoms with E-state index in [1.807, 2.05) is 24.3 Å². The Bertz CT molecular complexity index is 765. The lowest BCUT2D eigenvalue weighted by molar-refractivity contribution is -0.115. The third kappa shape index (κ3) is 4.74. The van der Waals surface area contributed by atoms with Crippen LogP contribution in [0.25, 0.3) is 0 Å². The van der Waals surface area contributed by atoms with Crippen LogP contribution in [0.3, 0.4) is 0 Å². The molecule has 0 unspecified atom stereocenters. The molecule has 26 heavy (non-hydrogen) atoms. The highest BCUT2D eigenvalue weighted by Gasteiger charge is 2.17. The average Bonchev–Trinajstić information content (AvgIpc) is 2.66. The molecule has 1 atom stereocenters. The smallest absolute Gasteiger partial charge is 0.237 e. The molecule has 2 aromatic carbocycles. The summed E-state index contributed by atoms with van der Waals surface area (Å²) >= 11 is 0.988. The van der Waals surface area contributed by atoms with Gasteiger partial charge in [0.1, 0.15) is 11.6 Å². The van der Waals surface area contributed by atoms with Crippen molar-refractivity contribution in [3.8, 4) is 0 Å². The van der Waals surface area contributed by atoms with Gasteiger partial charge in [0.15, 0.2) is 0 Å². The van der Waals surface area contributed by atoms with Gasteiger partial charge in [0.25, 0.3) is 0 Å². The maximum atomic E-state index is 13.7. The summed E-state index contributed by atoms with van der Waals surface area (Å²) < 4.78 is 32.3. The molecule has 4 nitrogen and oxygen atoms in total. The minimum absolute atomic E-state index is 0.121. The summed E-state index contributed by atoms with van der Waals surface area (Å²) in [6.45, 7) is 4.78. The van der Waals surface area contributed by atoms with E-state index in [4.69, 9.17) is 4.74 Å². The van der Waals surface area contributed by atoms with Crippen LogP contribution in [0.4, 0.5) is 20.2 Å². The first-order valence-electron chi connectivity index (χ1n) is 8.38. The normalized spacial score (nSPS) is 15.6. The standard InChI is InChI=1S/C19H20F2N2O2S/c1-13(26-18-12-14(20)2-7-17(18)21)19(24)22-15-3-5-16(6-4-15)23-8-10-25-11-9-23/h2-7,12-13H,8-11H2,1H3,(H,22,24)/t13-/m0/s1. The number of carbonyl (C=O) groups is 1. The number of ether oxygens (including phenoxy) is 1. The van der Waals surface area contributed by atoms with E-state index >= 15 is 0 Å². The highest BCUT2D eigenvalue weighted by atomic mass is 32.2. The molecule has 1 aliphatic heterocycles. The van der Waals surface area contributed by atoms with E-state index in [0.717, 1.165) is 48.7 Å². The van der Waals surface area contributed by atoms with Crippen molar-refractivity contribution in [1.29, 1.82) is 0 Å². The summed E-state index contributed by atoms with van der Waals surface area (Å²) in [4.78, 5) is 14.7. The van der Waals surface area contributed by atoms with Gasteiger partial charge in [0.2, 0.25) is 5.91 Å². The van der Waals surface area contributed by atoms with E-state index in [1.54, 1.807) is 6.92 Å². The van der Waals surface area contributed by atoms with Crippen molar-refractivity contribution in [3.05, 3.63) is 54.1 Å². The second kappa shape index (κ2) is 8.51. The quantitative estimate of drug-likeness (QED) is 0.801. The topological polar surface area (TPSA) is 41.6 Å². The number of amides is 1. The molecule has 1 saturated heterocycles. The molecule has 1 fully saturated rings. The number of halogens is 2. The Morgan fingerprint density at radius 1 is 1.15 bits per heavy atom. The van der Waals surface area contributed by atoms with E-state index in [9.17, 15) is 13.6 Å². The minimum atomic E-state index is -0.565. The molecule has 0 saturated carbocycles. The van der Waals surface area contributed by atoms with Crippen LogP contribution in [-0.2, 0) is 9.53 Å². The van der Waals surface area contributed by atoms with Crippen molar-refractivity contribution in [1.82, 2.24) is 0 Å². The molecule has 0 aromatic heterocycles. The van der Waals surface area contributed by atoms with Crippen LogP contribution in [0.2, 0.25) is 0 Å². The van der Waals surface area contributed by atoms with E-state index in [2.05, 4.69) is 10.2 Å². The zero-order valence-electron chi connectivity index (χ0n) is 14.4. The maximum Gasteiger partial charge on any atom is 0.237 e. The van der Waals surface area contributed by atoms with Crippen molar-refractivity contribution in [2.75, 3.05) is 36.5 Å². The van der Waals surface area contributed by atoms with E-state index in [-0.39, 0.29) is 10.8 Å². The Kier molecular flexibility index (Phi) is 6.11. The van der Waals surface area contributed by atoms with Gasteiger partial charge in [-0.15, -0.1) is 11.8 Å². The summed E-state index contributed by atoms with van der Waals surface area (Å²) in [5.41, 5.74) is 1.75. The van der Waals surface area contributed by atoms with Crippen molar-refractivity contribution in [3.63, 3.8) is 0 Å². The highest BCUT2D eigenvalue weighted by Crippen LogP contribution is 2.28. The van der Waals surface area contributed by atoms with Gasteiger partial charge in [-0.05, 0) is 49.4 Å². The SMILES string of the molecule is C[C@H](Sc1cc(F)ccc1F)C(=O)Nc1ccc(N2CCOCC2)cc1. The molecule has 3 rings (SSSR count). The molecular formula is C19H20F2N2O2S. The zero-order valence-corrected chi connectivity index (χ0v) is 15.2. The summed E-state index contributed by atoms with van der Waals surface area (Å²) in [5, 5.41) is 2.24. The molecule has 0 spiro atoms. The number of hydrogen-bond acceptors (Lipinski definition) is 4. The Morgan fingerprint density at radius 3 is 2.54 bits per heavy atom. The molecule has 2 aromatic rings. The first-order chi connectivity index (χ1) is 12.5. The van der Waals surface area contributed by atoms with Crippen molar-refractivity contribution in [2.24, 2.45) is 0 Å². The molecule has 0 bridgehead atoms. The number of benzene rings is 2. The summed E-state index contributed by atoms with van der Waals surface area (Å²) in [6.07, 6.45) is 0. The van der Waals surface area contributed by atoms with Crippen molar-refractivity contribution < 1.29 is 18.3 Å². The van der Waals surface area contributed by atoms with Gasteiger partial charge in [-0.25, -0.2) is 8.78 Å². The summed E-state index contributed by atoms with van der Waals surface area (Å²) in [7, 11) is 0. The Morgan fingerprint density at radius 2 is 1.85 bits per heavy atom. The third-order valence-corrected chi connectivity index (χ3v) is 5.21. The Hall–Kier alpha value is -2.12. The monoisotopic (exact) mass is 378 g/mol. The second-order valence-corrected chi connectivity index (χ2v) is 7.35. The van der Waals surface area contributed by atoms with Crippen LogP contribution < -0.4 is 10.2 Å². The van der Waals surface area contributed by atoms with E-state index in [1.165, 1.54) is 0 Å². The second-order valence-electron chi connectivity index (χ2n) is 5.97. The van der Waals surface area contributed by atoms with Gasteiger partial charge in [-0.3, -0.25) is 4.79 Å². The van der Waals surface area contributed by atoms with Crippen LogP contribution in [-0.4, -0.2) is 37.5 Å². The van der Waals surface area contributed by atoms with Crippen LogP contribution in [0.1, 0.15) is 6.92 Å². The molecule has 0 radical (unpaired) electrons. The predicted octanol–water partition coefficient (Wildman–Crippen LogP) is 3.92. The number of anilines is 2. The van der Waals surface area contributed by atoms with Crippen LogP contribution >= 0.6 is 11.8 Å². The number of hydrogen-bond donors (Lipinski definition) is 1. The predicted molar refractivity (Wildman–Crippen MR) is 99.8 cm³/mol. The number of nitrogens with zero attached hydrogens (tertiary/aromatic N) is 1. The number of morpholine rings is 1.